The van der Waals surface area contributed by atoms with Crippen molar-refractivity contribution in [1.82, 2.24) is 4.90 Å². The van der Waals surface area contributed by atoms with Crippen LogP contribution < -0.4 is 0 Å². The van der Waals surface area contributed by atoms with E-state index in [9.17, 15) is 13.2 Å². The van der Waals surface area contributed by atoms with Crippen molar-refractivity contribution in [1.29, 1.82) is 0 Å². The number of thiocarbonyl (C=S) groups is 1. The molecule has 0 saturated heterocycles. The van der Waals surface area contributed by atoms with Crippen LogP contribution in [0.4, 0.5) is 18.9 Å². The second-order valence-electron chi connectivity index (χ2n) is 3.78. The summed E-state index contributed by atoms with van der Waals surface area (Å²) in [6, 6.07) is 3.89. The third-order valence-corrected chi connectivity index (χ3v) is 2.15. The van der Waals surface area contributed by atoms with Crippen molar-refractivity contribution in [3.05, 3.63) is 29.3 Å². The fraction of sp³-hybridized carbons (Fsp3) is 0.364. The van der Waals surface area contributed by atoms with E-state index in [1.807, 2.05) is 0 Å². The maximum Gasteiger partial charge on any atom is 0.416 e. The molecule has 0 unspecified atom stereocenters. The van der Waals surface area contributed by atoms with Crippen LogP contribution in [0.3, 0.4) is 0 Å². The van der Waals surface area contributed by atoms with Gasteiger partial charge >= 0.3 is 6.18 Å². The van der Waals surface area contributed by atoms with Gasteiger partial charge in [0.15, 0.2) is 0 Å². The lowest BCUT2D eigenvalue weighted by atomic mass is 10.1. The Labute approximate surface area is 103 Å². The average molecular weight is 260 g/mol. The topological polar surface area (TPSA) is 15.6 Å². The van der Waals surface area contributed by atoms with E-state index in [1.165, 1.54) is 12.1 Å². The van der Waals surface area contributed by atoms with Crippen molar-refractivity contribution in [3.63, 3.8) is 0 Å². The Hall–Kier alpha value is -1.23. The molecule has 92 valence electrons. The highest BCUT2D eigenvalue weighted by atomic mass is 32.1. The normalized spacial score (nSPS) is 11.4. The third kappa shape index (κ3) is 3.93. The summed E-state index contributed by atoms with van der Waals surface area (Å²) in [5, 5.41) is 2.05. The Morgan fingerprint density at radius 2 is 2.00 bits per heavy atom. The SMILES string of the molecule is CN(C)Cc1ccc(N=C=S)cc1C(F)(F)F. The quantitative estimate of drug-likeness (QED) is 0.610. The third-order valence-electron chi connectivity index (χ3n) is 2.06. The van der Waals surface area contributed by atoms with Crippen LogP contribution in [0.15, 0.2) is 23.2 Å². The van der Waals surface area contributed by atoms with E-state index in [2.05, 4.69) is 22.4 Å². The first-order valence-corrected chi connectivity index (χ1v) is 5.18. The van der Waals surface area contributed by atoms with Crippen molar-refractivity contribution in [2.75, 3.05) is 14.1 Å². The Bertz CT molecular complexity index is 449. The summed E-state index contributed by atoms with van der Waals surface area (Å²) in [7, 11) is 3.42. The standard InChI is InChI=1S/C11H11F3N2S/c1-16(2)6-8-3-4-9(15-7-17)5-10(8)11(12,13)14/h3-5H,6H2,1-2H3. The highest BCUT2D eigenvalue weighted by Gasteiger charge is 2.33. The van der Waals surface area contributed by atoms with Gasteiger partial charge in [-0.05, 0) is 44.0 Å². The predicted octanol–water partition coefficient (Wildman–Crippen LogP) is 3.50. The first kappa shape index (κ1) is 13.8. The smallest absolute Gasteiger partial charge is 0.305 e. The van der Waals surface area contributed by atoms with Gasteiger partial charge in [0.2, 0.25) is 0 Å². The van der Waals surface area contributed by atoms with E-state index in [0.717, 1.165) is 6.07 Å². The van der Waals surface area contributed by atoms with Gasteiger partial charge in [-0.2, -0.15) is 18.2 Å². The second-order valence-corrected chi connectivity index (χ2v) is 3.96. The summed E-state index contributed by atoms with van der Waals surface area (Å²) in [6.07, 6.45) is -4.39. The van der Waals surface area contributed by atoms with E-state index in [-0.39, 0.29) is 17.8 Å². The second kappa shape index (κ2) is 5.40. The lowest BCUT2D eigenvalue weighted by molar-refractivity contribution is -0.138. The van der Waals surface area contributed by atoms with Crippen LogP contribution in [0.5, 0.6) is 0 Å². The molecule has 0 aliphatic heterocycles. The number of isothiocyanates is 1. The molecule has 1 aromatic rings. The first-order chi connectivity index (χ1) is 7.84. The van der Waals surface area contributed by atoms with Gasteiger partial charge in [-0.3, -0.25) is 0 Å². The highest BCUT2D eigenvalue weighted by Crippen LogP contribution is 2.34. The van der Waals surface area contributed by atoms with Crippen LogP contribution in [-0.4, -0.2) is 24.2 Å². The molecule has 1 aromatic carbocycles. The minimum atomic E-state index is -4.39. The number of alkyl halides is 3. The summed E-state index contributed by atoms with van der Waals surface area (Å²) in [5.41, 5.74) is -0.307. The number of nitrogens with zero attached hydrogens (tertiary/aromatic N) is 2. The monoisotopic (exact) mass is 260 g/mol. The number of benzene rings is 1. The molecule has 0 radical (unpaired) electrons. The Balaban J connectivity index is 3.26. The number of halogens is 3. The summed E-state index contributed by atoms with van der Waals surface area (Å²) >= 11 is 4.37. The molecular formula is C11H11F3N2S. The highest BCUT2D eigenvalue weighted by molar-refractivity contribution is 7.78. The van der Waals surface area contributed by atoms with E-state index in [0.29, 0.717) is 0 Å². The summed E-state index contributed by atoms with van der Waals surface area (Å²) in [6.45, 7) is 0.219. The molecule has 1 rings (SSSR count). The molecular weight excluding hydrogens is 249 g/mol. The van der Waals surface area contributed by atoms with Crippen LogP contribution in [0, 0.1) is 0 Å². The molecule has 0 fully saturated rings. The van der Waals surface area contributed by atoms with Crippen LogP contribution in [0.2, 0.25) is 0 Å². The molecule has 0 heterocycles. The Kier molecular flexibility index (Phi) is 4.40. The average Bonchev–Trinajstić information content (AvgIpc) is 2.18. The maximum absolute atomic E-state index is 12.8. The molecule has 0 spiro atoms. The summed E-state index contributed by atoms with van der Waals surface area (Å²) < 4.78 is 38.4. The first-order valence-electron chi connectivity index (χ1n) is 4.77. The van der Waals surface area contributed by atoms with Gasteiger partial charge in [-0.15, -0.1) is 0 Å². The molecule has 6 heteroatoms. The van der Waals surface area contributed by atoms with Crippen molar-refractivity contribution in [2.24, 2.45) is 4.99 Å². The van der Waals surface area contributed by atoms with Gasteiger partial charge in [0, 0.05) is 6.54 Å². The molecule has 0 bridgehead atoms. The molecule has 2 nitrogen and oxygen atoms in total. The van der Waals surface area contributed by atoms with Gasteiger partial charge in [0.25, 0.3) is 0 Å². The van der Waals surface area contributed by atoms with Crippen molar-refractivity contribution < 1.29 is 13.2 Å². The largest absolute Gasteiger partial charge is 0.416 e. The van der Waals surface area contributed by atoms with Crippen LogP contribution in [0.25, 0.3) is 0 Å². The molecule has 17 heavy (non-hydrogen) atoms. The number of rotatable bonds is 3. The van der Waals surface area contributed by atoms with Gasteiger partial charge in [-0.1, -0.05) is 6.07 Å². The zero-order valence-corrected chi connectivity index (χ0v) is 10.2. The van der Waals surface area contributed by atoms with Crippen molar-refractivity contribution in [2.45, 2.75) is 12.7 Å². The number of hydrogen-bond acceptors (Lipinski definition) is 3. The van der Waals surface area contributed by atoms with E-state index in [4.69, 9.17) is 0 Å². The molecule has 0 amide bonds. The molecule has 0 N–H and O–H groups in total. The molecule has 0 aromatic heterocycles. The molecule has 0 saturated carbocycles. The van der Waals surface area contributed by atoms with Gasteiger partial charge in [0.05, 0.1) is 16.4 Å². The lowest BCUT2D eigenvalue weighted by Gasteiger charge is -2.16. The van der Waals surface area contributed by atoms with Gasteiger partial charge in [-0.25, -0.2) is 0 Å². The minimum Gasteiger partial charge on any atom is -0.305 e. The predicted molar refractivity (Wildman–Crippen MR) is 63.5 cm³/mol. The molecule has 0 atom stereocenters. The van der Waals surface area contributed by atoms with Crippen LogP contribution in [-0.2, 0) is 12.7 Å². The zero-order valence-electron chi connectivity index (χ0n) is 9.38. The number of aliphatic imine (C=N–C) groups is 1. The van der Waals surface area contributed by atoms with Gasteiger partial charge < -0.3 is 4.90 Å². The van der Waals surface area contributed by atoms with Crippen LogP contribution in [0.1, 0.15) is 11.1 Å². The van der Waals surface area contributed by atoms with Crippen LogP contribution >= 0.6 is 12.2 Å². The lowest BCUT2D eigenvalue weighted by Crippen LogP contribution is -2.16. The minimum absolute atomic E-state index is 0.162. The van der Waals surface area contributed by atoms with Gasteiger partial charge in [0.1, 0.15) is 0 Å². The Morgan fingerprint density at radius 3 is 2.47 bits per heavy atom. The van der Waals surface area contributed by atoms with E-state index >= 15 is 0 Å². The Morgan fingerprint density at radius 1 is 1.35 bits per heavy atom. The maximum atomic E-state index is 12.8. The van der Waals surface area contributed by atoms with E-state index in [1.54, 1.807) is 19.0 Å². The number of hydrogen-bond donors (Lipinski definition) is 0. The fourth-order valence-electron chi connectivity index (χ4n) is 1.43. The van der Waals surface area contributed by atoms with Crippen molar-refractivity contribution >= 4 is 23.1 Å². The zero-order chi connectivity index (χ0) is 13.1. The van der Waals surface area contributed by atoms with Crippen molar-refractivity contribution in [3.8, 4) is 0 Å². The summed E-state index contributed by atoms with van der Waals surface area (Å²) in [4.78, 5) is 5.23. The fourth-order valence-corrected chi connectivity index (χ4v) is 1.53. The summed E-state index contributed by atoms with van der Waals surface area (Å²) in [5.74, 6) is 0. The molecule has 0 aliphatic carbocycles. The van der Waals surface area contributed by atoms with E-state index < -0.39 is 11.7 Å². The molecule has 0 aliphatic rings.